The second kappa shape index (κ2) is 9.51. The van der Waals surface area contributed by atoms with Crippen LogP contribution in [0.25, 0.3) is 0 Å². The highest BCUT2D eigenvalue weighted by Gasteiger charge is 2.42. The highest BCUT2D eigenvalue weighted by molar-refractivity contribution is 7.11. The number of thiazole rings is 1. The number of amides is 2. The Kier molecular flexibility index (Phi) is 6.57. The van der Waals surface area contributed by atoms with Gasteiger partial charge in [-0.05, 0) is 44.1 Å². The number of nitrogens with zero attached hydrogens (tertiary/aromatic N) is 3. The summed E-state index contributed by atoms with van der Waals surface area (Å²) in [5, 5.41) is 0. The van der Waals surface area contributed by atoms with Gasteiger partial charge in [-0.1, -0.05) is 30.3 Å². The number of carbonyl (C=O) groups excluding carboxylic acids is 3. The molecule has 1 aromatic heterocycles. The molecule has 0 radical (unpaired) electrons. The molecule has 2 fully saturated rings. The first kappa shape index (κ1) is 20.7. The van der Waals surface area contributed by atoms with Gasteiger partial charge >= 0.3 is 0 Å². The summed E-state index contributed by atoms with van der Waals surface area (Å²) >= 11 is 1.31. The molecule has 2 aliphatic heterocycles. The summed E-state index contributed by atoms with van der Waals surface area (Å²) in [5.74, 6) is -0.0438. The summed E-state index contributed by atoms with van der Waals surface area (Å²) in [6.07, 6.45) is 6.67. The lowest BCUT2D eigenvalue weighted by Gasteiger charge is -2.31. The monoisotopic (exact) mass is 425 g/mol. The number of carbonyl (C=O) groups is 3. The number of Topliss-reactive ketones (excluding diaryl/α,β-unsaturated/α-hetero) is 1. The van der Waals surface area contributed by atoms with Gasteiger partial charge in [0.2, 0.25) is 11.8 Å². The fraction of sp³-hybridized carbons (Fsp3) is 0.478. The minimum Gasteiger partial charge on any atom is -0.331 e. The molecule has 6 nitrogen and oxygen atoms in total. The number of rotatable bonds is 7. The lowest BCUT2D eigenvalue weighted by molar-refractivity contribution is -0.144. The van der Waals surface area contributed by atoms with E-state index in [0.29, 0.717) is 37.2 Å². The first-order valence-corrected chi connectivity index (χ1v) is 11.6. The number of hydrogen-bond donors (Lipinski definition) is 0. The van der Waals surface area contributed by atoms with E-state index < -0.39 is 12.1 Å². The van der Waals surface area contributed by atoms with Gasteiger partial charge in [-0.25, -0.2) is 0 Å². The van der Waals surface area contributed by atoms with Gasteiger partial charge in [0.15, 0.2) is 5.78 Å². The Hall–Kier alpha value is -2.54. The maximum Gasteiger partial charge on any atom is 0.246 e. The number of aryl methyl sites for hydroxylation is 1. The number of ketones is 1. The molecule has 3 heterocycles. The van der Waals surface area contributed by atoms with Crippen LogP contribution in [0.3, 0.4) is 0 Å². The van der Waals surface area contributed by atoms with Crippen LogP contribution in [0.15, 0.2) is 42.0 Å². The van der Waals surface area contributed by atoms with Gasteiger partial charge < -0.3 is 9.80 Å². The van der Waals surface area contributed by atoms with E-state index in [-0.39, 0.29) is 17.6 Å². The zero-order valence-corrected chi connectivity index (χ0v) is 17.9. The third-order valence-electron chi connectivity index (χ3n) is 6.07. The van der Waals surface area contributed by atoms with Gasteiger partial charge in [0.1, 0.15) is 6.04 Å². The van der Waals surface area contributed by atoms with Crippen molar-refractivity contribution in [3.63, 3.8) is 0 Å². The molecule has 0 bridgehead atoms. The quantitative estimate of drug-likeness (QED) is 0.638. The Labute approximate surface area is 180 Å². The van der Waals surface area contributed by atoms with Gasteiger partial charge in [0.25, 0.3) is 0 Å². The Bertz CT molecular complexity index is 884. The molecule has 2 amide bonds. The molecule has 0 aliphatic carbocycles. The molecule has 0 N–H and O–H groups in total. The molecule has 4 rings (SSSR count). The van der Waals surface area contributed by atoms with Crippen molar-refractivity contribution in [3.05, 3.63) is 52.5 Å². The molecule has 0 unspecified atom stereocenters. The molecule has 158 valence electrons. The Morgan fingerprint density at radius 3 is 2.47 bits per heavy atom. The summed E-state index contributed by atoms with van der Waals surface area (Å²) in [6.45, 7) is 1.21. The number of aromatic nitrogens is 1. The molecular formula is C23H27N3O3S. The SMILES string of the molecule is O=C(c1cncs1)[C@@H]1CCCN1C(=O)[C@@H]1CCCN1C(=O)CCCc1ccccc1. The second-order valence-corrected chi connectivity index (χ2v) is 8.89. The van der Waals surface area contributed by atoms with E-state index >= 15 is 0 Å². The predicted octanol–water partition coefficient (Wildman–Crippen LogP) is 3.33. The van der Waals surface area contributed by atoms with Crippen LogP contribution in [0.1, 0.15) is 53.8 Å². The van der Waals surface area contributed by atoms with E-state index in [1.165, 1.54) is 16.9 Å². The molecule has 2 aliphatic rings. The minimum atomic E-state index is -0.427. The standard InChI is InChI=1S/C23H27N3O3S/c27-21(12-4-9-17-7-2-1-3-8-17)25-13-6-11-19(25)23(29)26-14-5-10-18(26)22(28)20-15-24-16-30-20/h1-3,7-8,15-16,18-19H,4-6,9-14H2/t18-,19-/m0/s1. The minimum absolute atomic E-state index is 0.0258. The van der Waals surface area contributed by atoms with Crippen molar-refractivity contribution < 1.29 is 14.4 Å². The van der Waals surface area contributed by atoms with Gasteiger partial charge in [-0.3, -0.25) is 19.4 Å². The van der Waals surface area contributed by atoms with Gasteiger partial charge in [-0.15, -0.1) is 11.3 Å². The fourth-order valence-corrected chi connectivity index (χ4v) is 5.16. The fourth-order valence-electron chi connectivity index (χ4n) is 4.55. The maximum atomic E-state index is 13.3. The van der Waals surface area contributed by atoms with Gasteiger partial charge in [0, 0.05) is 25.7 Å². The summed E-state index contributed by atoms with van der Waals surface area (Å²) in [4.78, 5) is 47.0. The van der Waals surface area contributed by atoms with Crippen LogP contribution in [-0.4, -0.2) is 57.6 Å². The smallest absolute Gasteiger partial charge is 0.246 e. The third kappa shape index (κ3) is 4.46. The average Bonchev–Trinajstić information content (AvgIpc) is 3.55. The molecular weight excluding hydrogens is 398 g/mol. The second-order valence-electron chi connectivity index (χ2n) is 8.00. The van der Waals surface area contributed by atoms with Crippen LogP contribution in [0.4, 0.5) is 0 Å². The van der Waals surface area contributed by atoms with Crippen LogP contribution < -0.4 is 0 Å². The van der Waals surface area contributed by atoms with Gasteiger partial charge in [-0.2, -0.15) is 0 Å². The van der Waals surface area contributed by atoms with Crippen molar-refractivity contribution in [3.8, 4) is 0 Å². The molecule has 1 aromatic carbocycles. The first-order valence-electron chi connectivity index (χ1n) is 10.7. The van der Waals surface area contributed by atoms with Crippen molar-refractivity contribution in [2.24, 2.45) is 0 Å². The Balaban J connectivity index is 1.36. The van der Waals surface area contributed by atoms with Crippen LogP contribution in [-0.2, 0) is 16.0 Å². The lowest BCUT2D eigenvalue weighted by atomic mass is 10.1. The number of benzene rings is 1. The van der Waals surface area contributed by atoms with Crippen molar-refractivity contribution >= 4 is 28.9 Å². The van der Waals surface area contributed by atoms with Crippen molar-refractivity contribution in [2.75, 3.05) is 13.1 Å². The number of likely N-dealkylation sites (tertiary alicyclic amines) is 2. The van der Waals surface area contributed by atoms with Crippen LogP contribution in [0, 0.1) is 0 Å². The van der Waals surface area contributed by atoms with E-state index in [0.717, 1.165) is 25.7 Å². The average molecular weight is 426 g/mol. The Morgan fingerprint density at radius 2 is 1.73 bits per heavy atom. The van der Waals surface area contributed by atoms with Crippen molar-refractivity contribution in [2.45, 2.75) is 57.0 Å². The van der Waals surface area contributed by atoms with E-state index in [1.54, 1.807) is 21.5 Å². The maximum absolute atomic E-state index is 13.3. The topological polar surface area (TPSA) is 70.6 Å². The van der Waals surface area contributed by atoms with E-state index in [2.05, 4.69) is 17.1 Å². The number of hydrogen-bond acceptors (Lipinski definition) is 5. The molecule has 0 spiro atoms. The van der Waals surface area contributed by atoms with E-state index in [4.69, 9.17) is 0 Å². The Morgan fingerprint density at radius 1 is 1.00 bits per heavy atom. The summed E-state index contributed by atoms with van der Waals surface area (Å²) in [5.41, 5.74) is 2.86. The zero-order chi connectivity index (χ0) is 20.9. The molecule has 30 heavy (non-hydrogen) atoms. The summed E-state index contributed by atoms with van der Waals surface area (Å²) in [6, 6.07) is 9.29. The molecule has 2 atom stereocenters. The van der Waals surface area contributed by atoms with Crippen LogP contribution in [0.2, 0.25) is 0 Å². The molecule has 7 heteroatoms. The normalized spacial score (nSPS) is 21.2. The van der Waals surface area contributed by atoms with Crippen LogP contribution in [0.5, 0.6) is 0 Å². The first-order chi connectivity index (χ1) is 14.6. The van der Waals surface area contributed by atoms with E-state index in [9.17, 15) is 14.4 Å². The highest BCUT2D eigenvalue weighted by Crippen LogP contribution is 2.28. The summed E-state index contributed by atoms with van der Waals surface area (Å²) in [7, 11) is 0. The largest absolute Gasteiger partial charge is 0.331 e. The summed E-state index contributed by atoms with van der Waals surface area (Å²) < 4.78 is 0. The molecule has 2 saturated heterocycles. The molecule has 0 saturated carbocycles. The lowest BCUT2D eigenvalue weighted by Crippen LogP contribution is -2.50. The predicted molar refractivity (Wildman–Crippen MR) is 115 cm³/mol. The van der Waals surface area contributed by atoms with Crippen molar-refractivity contribution in [1.82, 2.24) is 14.8 Å². The zero-order valence-electron chi connectivity index (χ0n) is 17.0. The van der Waals surface area contributed by atoms with Gasteiger partial charge in [0.05, 0.1) is 16.4 Å². The van der Waals surface area contributed by atoms with E-state index in [1.807, 2.05) is 18.2 Å². The van der Waals surface area contributed by atoms with Crippen LogP contribution >= 0.6 is 11.3 Å². The third-order valence-corrected chi connectivity index (χ3v) is 6.86. The molecule has 2 aromatic rings. The van der Waals surface area contributed by atoms with Crippen molar-refractivity contribution in [1.29, 1.82) is 0 Å². The highest BCUT2D eigenvalue weighted by atomic mass is 32.1.